The Morgan fingerprint density at radius 2 is 1.75 bits per heavy atom. The molecular weight excluding hydrogens is 324 g/mol. The van der Waals surface area contributed by atoms with Crippen molar-refractivity contribution in [3.05, 3.63) is 24.5 Å². The maximum atomic E-state index is 11.9. The molecule has 0 spiro atoms. The summed E-state index contributed by atoms with van der Waals surface area (Å²) in [5.41, 5.74) is 3.20. The first kappa shape index (κ1) is 22.5. The van der Waals surface area contributed by atoms with Crippen molar-refractivity contribution in [2.24, 2.45) is 5.73 Å². The first-order valence-electron chi connectivity index (χ1n) is 7.89. The molecule has 24 heavy (non-hydrogen) atoms. The van der Waals surface area contributed by atoms with Crippen molar-refractivity contribution >= 4 is 5.97 Å². The Bertz CT molecular complexity index is 417. The van der Waals surface area contributed by atoms with Crippen LogP contribution in [0.2, 0.25) is 0 Å². The number of aliphatic carboxylic acids is 1. The quantitative estimate of drug-likeness (QED) is 0.197. The number of hydrogen-bond donors (Lipinski definition) is 5. The van der Waals surface area contributed by atoms with Gasteiger partial charge in [-0.05, 0) is 31.8 Å². The van der Waals surface area contributed by atoms with Gasteiger partial charge in [-0.25, -0.2) is 13.6 Å². The van der Waals surface area contributed by atoms with Crippen LogP contribution in [0.15, 0.2) is 24.5 Å². The van der Waals surface area contributed by atoms with Crippen molar-refractivity contribution in [2.75, 3.05) is 0 Å². The maximum Gasteiger partial charge on any atom is 0.330 e. The molecule has 140 valence electrons. The van der Waals surface area contributed by atoms with Crippen LogP contribution in [0.4, 0.5) is 8.78 Å². The van der Waals surface area contributed by atoms with Crippen LogP contribution >= 0.6 is 0 Å². The van der Waals surface area contributed by atoms with Crippen molar-refractivity contribution < 1.29 is 34.0 Å². The van der Waals surface area contributed by atoms with E-state index in [1.165, 1.54) is 0 Å². The normalized spacial score (nSPS) is 17.4. The number of halogens is 2. The summed E-state index contributed by atoms with van der Waals surface area (Å²) in [6, 6.07) is 0. The van der Waals surface area contributed by atoms with Gasteiger partial charge in [0.05, 0.1) is 12.4 Å². The van der Waals surface area contributed by atoms with Gasteiger partial charge in [0, 0.05) is 6.42 Å². The van der Waals surface area contributed by atoms with E-state index < -0.39 is 30.1 Å². The second-order valence-corrected chi connectivity index (χ2v) is 5.66. The number of nitrogens with two attached hydrogens (primary N) is 1. The number of allylic oxidation sites excluding steroid dienone is 1. The predicted octanol–water partition coefficient (Wildman–Crippen LogP) is 2.11. The van der Waals surface area contributed by atoms with E-state index >= 15 is 0 Å². The monoisotopic (exact) mass is 351 g/mol. The lowest BCUT2D eigenvalue weighted by atomic mass is 9.88. The fourth-order valence-electron chi connectivity index (χ4n) is 2.13. The van der Waals surface area contributed by atoms with Crippen molar-refractivity contribution in [1.29, 1.82) is 0 Å². The van der Waals surface area contributed by atoms with Gasteiger partial charge in [-0.15, -0.1) is 0 Å². The van der Waals surface area contributed by atoms with E-state index in [2.05, 4.69) is 0 Å². The van der Waals surface area contributed by atoms with Crippen molar-refractivity contribution in [3.8, 4) is 0 Å². The molecule has 0 bridgehead atoms. The zero-order chi connectivity index (χ0) is 18.6. The molecule has 6 nitrogen and oxygen atoms in total. The molecule has 0 amide bonds. The Morgan fingerprint density at radius 3 is 2.29 bits per heavy atom. The van der Waals surface area contributed by atoms with Crippen molar-refractivity contribution in [3.63, 3.8) is 0 Å². The molecule has 0 heterocycles. The highest BCUT2D eigenvalue weighted by atomic mass is 19.3. The van der Waals surface area contributed by atoms with Gasteiger partial charge in [0.15, 0.2) is 5.54 Å². The fourth-order valence-corrected chi connectivity index (χ4v) is 2.13. The maximum absolute atomic E-state index is 11.9. The van der Waals surface area contributed by atoms with Gasteiger partial charge in [0.25, 0.3) is 0 Å². The van der Waals surface area contributed by atoms with Gasteiger partial charge in [0.1, 0.15) is 6.10 Å². The third kappa shape index (κ3) is 8.37. The van der Waals surface area contributed by atoms with Crippen LogP contribution in [0.3, 0.4) is 0 Å². The number of aliphatic hydroxyl groups is 3. The second-order valence-electron chi connectivity index (χ2n) is 5.66. The predicted molar refractivity (Wildman–Crippen MR) is 85.8 cm³/mol. The fraction of sp³-hybridized carbons (Fsp3) is 0.688. The van der Waals surface area contributed by atoms with Crippen LogP contribution in [0.25, 0.3) is 0 Å². The van der Waals surface area contributed by atoms with Crippen LogP contribution in [-0.4, -0.2) is 50.6 Å². The molecular formula is C16H27F2NO5. The Labute approximate surface area is 140 Å². The molecule has 0 rings (SSSR count). The summed E-state index contributed by atoms with van der Waals surface area (Å²) in [5, 5.41) is 37.4. The van der Waals surface area contributed by atoms with Crippen LogP contribution in [0.1, 0.15) is 44.9 Å². The number of alkyl halides is 2. The molecule has 0 aromatic rings. The Kier molecular flexibility index (Phi) is 11.2. The lowest BCUT2D eigenvalue weighted by Crippen LogP contribution is -2.59. The van der Waals surface area contributed by atoms with E-state index in [0.717, 1.165) is 19.3 Å². The molecule has 3 unspecified atom stereocenters. The molecule has 0 radical (unpaired) electrons. The molecule has 0 aromatic carbocycles. The molecule has 0 aliphatic rings. The molecule has 8 heteroatoms. The SMILES string of the molecule is NC(C=CO)(C(=O)O)C(O)C(O)C/C=C/CCCCCCC(F)F. The zero-order valence-corrected chi connectivity index (χ0v) is 13.5. The Balaban J connectivity index is 4.11. The topological polar surface area (TPSA) is 124 Å². The summed E-state index contributed by atoms with van der Waals surface area (Å²) >= 11 is 0. The Morgan fingerprint density at radius 1 is 1.12 bits per heavy atom. The number of carboxylic acid groups (broad SMARTS) is 1. The molecule has 0 fully saturated rings. The minimum absolute atomic E-state index is 0.00194. The summed E-state index contributed by atoms with van der Waals surface area (Å²) < 4.78 is 23.8. The van der Waals surface area contributed by atoms with E-state index in [1.807, 2.05) is 0 Å². The lowest BCUT2D eigenvalue weighted by Gasteiger charge is -2.29. The number of aliphatic hydroxyl groups excluding tert-OH is 3. The van der Waals surface area contributed by atoms with Gasteiger partial charge in [0.2, 0.25) is 6.43 Å². The average molecular weight is 351 g/mol. The summed E-state index contributed by atoms with van der Waals surface area (Å²) in [5.74, 6) is -1.58. The van der Waals surface area contributed by atoms with E-state index in [-0.39, 0.29) is 12.8 Å². The molecule has 0 saturated heterocycles. The van der Waals surface area contributed by atoms with Crippen LogP contribution < -0.4 is 5.73 Å². The summed E-state index contributed by atoms with van der Waals surface area (Å²) in [6.45, 7) is 0. The summed E-state index contributed by atoms with van der Waals surface area (Å²) in [6.07, 6.45) is 2.52. The highest BCUT2D eigenvalue weighted by Crippen LogP contribution is 2.16. The summed E-state index contributed by atoms with van der Waals surface area (Å²) in [7, 11) is 0. The summed E-state index contributed by atoms with van der Waals surface area (Å²) in [4.78, 5) is 11.1. The van der Waals surface area contributed by atoms with E-state index in [4.69, 9.17) is 15.9 Å². The molecule has 6 N–H and O–H groups in total. The average Bonchev–Trinajstić information content (AvgIpc) is 2.51. The standard InChI is InChI=1S/C16H27F2NO5/c17-13(18)9-7-5-3-1-2-4-6-8-12(21)14(22)16(19,10-11-20)15(23)24/h4,6,10-14,20-22H,1-3,5,7-9,19H2,(H,23,24)/b6-4+,11-10?. The van der Waals surface area contributed by atoms with Crippen LogP contribution in [0.5, 0.6) is 0 Å². The molecule has 0 aliphatic heterocycles. The first-order chi connectivity index (χ1) is 11.3. The molecule has 3 atom stereocenters. The number of hydrogen-bond acceptors (Lipinski definition) is 5. The van der Waals surface area contributed by atoms with Gasteiger partial charge in [-0.1, -0.05) is 25.0 Å². The van der Waals surface area contributed by atoms with Crippen LogP contribution in [0, 0.1) is 0 Å². The number of unbranched alkanes of at least 4 members (excludes halogenated alkanes) is 4. The second kappa shape index (κ2) is 11.9. The lowest BCUT2D eigenvalue weighted by molar-refractivity contribution is -0.148. The minimum Gasteiger partial charge on any atom is -0.516 e. The number of carboxylic acids is 1. The molecule has 0 saturated carbocycles. The van der Waals surface area contributed by atoms with Crippen LogP contribution in [-0.2, 0) is 4.79 Å². The van der Waals surface area contributed by atoms with E-state index in [1.54, 1.807) is 12.2 Å². The van der Waals surface area contributed by atoms with Gasteiger partial charge in [-0.3, -0.25) is 0 Å². The van der Waals surface area contributed by atoms with Crippen molar-refractivity contribution in [1.82, 2.24) is 0 Å². The Hall–Kier alpha value is -1.51. The molecule has 0 aromatic heterocycles. The largest absolute Gasteiger partial charge is 0.516 e. The first-order valence-corrected chi connectivity index (χ1v) is 7.89. The highest BCUT2D eigenvalue weighted by Gasteiger charge is 2.43. The van der Waals surface area contributed by atoms with E-state index in [9.17, 15) is 23.8 Å². The minimum atomic E-state index is -2.29. The third-order valence-corrected chi connectivity index (χ3v) is 3.66. The zero-order valence-electron chi connectivity index (χ0n) is 13.5. The highest BCUT2D eigenvalue weighted by molar-refractivity contribution is 5.82. The molecule has 0 aliphatic carbocycles. The number of carbonyl (C=O) groups is 1. The smallest absolute Gasteiger partial charge is 0.330 e. The van der Waals surface area contributed by atoms with Crippen molar-refractivity contribution in [2.45, 2.75) is 69.1 Å². The van der Waals surface area contributed by atoms with Gasteiger partial charge < -0.3 is 26.2 Å². The van der Waals surface area contributed by atoms with Gasteiger partial charge >= 0.3 is 5.97 Å². The third-order valence-electron chi connectivity index (χ3n) is 3.66. The number of rotatable bonds is 13. The van der Waals surface area contributed by atoms with E-state index in [0.29, 0.717) is 25.2 Å². The van der Waals surface area contributed by atoms with Gasteiger partial charge in [-0.2, -0.15) is 0 Å².